The Morgan fingerprint density at radius 3 is 2.66 bits per heavy atom. The van der Waals surface area contributed by atoms with Crippen molar-refractivity contribution in [2.75, 3.05) is 25.2 Å². The Balaban J connectivity index is 1.40. The van der Waals surface area contributed by atoms with Crippen LogP contribution >= 0.6 is 23.1 Å². The Bertz CT molecular complexity index is 954. The Labute approximate surface area is 179 Å². The van der Waals surface area contributed by atoms with Gasteiger partial charge in [0.15, 0.2) is 0 Å². The number of likely N-dealkylation sites (N-methyl/N-ethyl adjacent to an activating group) is 1. The predicted molar refractivity (Wildman–Crippen MR) is 122 cm³/mol. The number of hydrogen-bond donors (Lipinski definition) is 1. The van der Waals surface area contributed by atoms with Crippen molar-refractivity contribution in [3.05, 3.63) is 53.5 Å². The smallest absolute Gasteiger partial charge is 0.244 e. The first-order valence-corrected chi connectivity index (χ1v) is 11.6. The molecular weight excluding hydrogens is 402 g/mol. The number of aromatic nitrogens is 1. The van der Waals surface area contributed by atoms with Crippen molar-refractivity contribution in [2.45, 2.75) is 30.6 Å². The molecule has 2 amide bonds. The minimum Gasteiger partial charge on any atom is -0.336 e. The van der Waals surface area contributed by atoms with Crippen molar-refractivity contribution in [1.82, 2.24) is 9.88 Å². The van der Waals surface area contributed by atoms with Crippen molar-refractivity contribution < 1.29 is 9.59 Å². The van der Waals surface area contributed by atoms with Crippen LogP contribution in [0.15, 0.2) is 53.4 Å². The van der Waals surface area contributed by atoms with E-state index in [-0.39, 0.29) is 18.4 Å². The molecule has 2 aromatic carbocycles. The van der Waals surface area contributed by atoms with Crippen LogP contribution in [0, 0.1) is 0 Å². The quantitative estimate of drug-likeness (QED) is 0.392. The second kappa shape index (κ2) is 10.4. The lowest BCUT2D eigenvalue weighted by Crippen LogP contribution is -2.34. The first-order chi connectivity index (χ1) is 14.1. The zero-order valence-corrected chi connectivity index (χ0v) is 18.3. The van der Waals surface area contributed by atoms with Crippen LogP contribution in [0.25, 0.3) is 10.2 Å². The van der Waals surface area contributed by atoms with Crippen molar-refractivity contribution >= 4 is 50.8 Å². The van der Waals surface area contributed by atoms with Gasteiger partial charge in [-0.1, -0.05) is 24.3 Å². The Morgan fingerprint density at radius 2 is 1.86 bits per heavy atom. The Morgan fingerprint density at radius 1 is 1.10 bits per heavy atom. The zero-order valence-electron chi connectivity index (χ0n) is 16.7. The molecule has 0 saturated heterocycles. The van der Waals surface area contributed by atoms with Crippen molar-refractivity contribution in [3.63, 3.8) is 0 Å². The highest BCUT2D eigenvalue weighted by Gasteiger charge is 2.14. The fourth-order valence-electron chi connectivity index (χ4n) is 3.01. The van der Waals surface area contributed by atoms with Gasteiger partial charge in [-0.25, -0.2) is 4.98 Å². The van der Waals surface area contributed by atoms with Crippen molar-refractivity contribution in [3.8, 4) is 0 Å². The number of hydrogen-bond acceptors (Lipinski definition) is 5. The lowest BCUT2D eigenvalue weighted by Gasteiger charge is -2.17. The van der Waals surface area contributed by atoms with Gasteiger partial charge in [-0.15, -0.1) is 23.1 Å². The molecule has 1 N–H and O–H groups in total. The maximum absolute atomic E-state index is 12.3. The van der Waals surface area contributed by atoms with Crippen LogP contribution in [0.4, 0.5) is 5.69 Å². The average Bonchev–Trinajstić information content (AvgIpc) is 3.14. The summed E-state index contributed by atoms with van der Waals surface area (Å²) in [6.45, 7) is 0.0550. The number of fused-ring (bicyclic) bond motifs is 1. The predicted octanol–water partition coefficient (Wildman–Crippen LogP) is 4.83. The Hall–Kier alpha value is -2.38. The molecule has 0 saturated carbocycles. The molecule has 0 bridgehead atoms. The number of thiazole rings is 1. The van der Waals surface area contributed by atoms with E-state index in [1.165, 1.54) is 9.60 Å². The van der Waals surface area contributed by atoms with Crippen LogP contribution in [0.2, 0.25) is 0 Å². The third-order valence-corrected chi connectivity index (χ3v) is 6.45. The molecule has 152 valence electrons. The molecule has 0 atom stereocenters. The minimum absolute atomic E-state index is 0.0115. The summed E-state index contributed by atoms with van der Waals surface area (Å²) in [5, 5.41) is 4.00. The fraction of sp³-hybridized carbons (Fsp3) is 0.318. The van der Waals surface area contributed by atoms with E-state index in [1.807, 2.05) is 48.7 Å². The van der Waals surface area contributed by atoms with E-state index in [1.54, 1.807) is 30.1 Å². The lowest BCUT2D eigenvalue weighted by molar-refractivity contribution is -0.133. The normalized spacial score (nSPS) is 10.8. The molecule has 3 rings (SSSR count). The maximum Gasteiger partial charge on any atom is 0.244 e. The molecule has 5 nitrogen and oxygen atoms in total. The molecule has 0 radical (unpaired) electrons. The summed E-state index contributed by atoms with van der Waals surface area (Å²) in [5.74, 6) is -0.195. The molecule has 0 fully saturated rings. The SMILES string of the molecule is CSc1ccccc1NC(=O)CN(C)C(=O)CCCCc1nc2ccccc2s1. The molecule has 29 heavy (non-hydrogen) atoms. The van der Waals surface area contributed by atoms with Crippen molar-refractivity contribution in [2.24, 2.45) is 0 Å². The van der Waals surface area contributed by atoms with Crippen LogP contribution in [-0.2, 0) is 16.0 Å². The van der Waals surface area contributed by atoms with Crippen LogP contribution < -0.4 is 5.32 Å². The first kappa shape index (κ1) is 21.3. The highest BCUT2D eigenvalue weighted by atomic mass is 32.2. The minimum atomic E-state index is -0.183. The number of nitrogens with one attached hydrogen (secondary N) is 1. The van der Waals surface area contributed by atoms with Crippen LogP contribution in [0.5, 0.6) is 0 Å². The van der Waals surface area contributed by atoms with E-state index < -0.39 is 0 Å². The number of carbonyl (C=O) groups is 2. The second-order valence-electron chi connectivity index (χ2n) is 6.78. The third-order valence-electron chi connectivity index (χ3n) is 4.56. The van der Waals surface area contributed by atoms with Gasteiger partial charge >= 0.3 is 0 Å². The summed E-state index contributed by atoms with van der Waals surface area (Å²) < 4.78 is 1.20. The number of para-hydroxylation sites is 2. The molecule has 1 heterocycles. The third kappa shape index (κ3) is 6.05. The van der Waals surface area contributed by atoms with E-state index >= 15 is 0 Å². The highest BCUT2D eigenvalue weighted by Crippen LogP contribution is 2.25. The topological polar surface area (TPSA) is 62.3 Å². The average molecular weight is 428 g/mol. The lowest BCUT2D eigenvalue weighted by atomic mass is 10.2. The molecule has 7 heteroatoms. The van der Waals surface area contributed by atoms with Gasteiger partial charge < -0.3 is 10.2 Å². The summed E-state index contributed by atoms with van der Waals surface area (Å²) in [5.41, 5.74) is 1.82. The van der Waals surface area contributed by atoms with E-state index in [2.05, 4.69) is 16.4 Å². The zero-order chi connectivity index (χ0) is 20.6. The summed E-state index contributed by atoms with van der Waals surface area (Å²) in [4.78, 5) is 31.7. The molecule has 1 aromatic heterocycles. The number of thioether (sulfide) groups is 1. The van der Waals surface area contributed by atoms with Gasteiger partial charge in [0.25, 0.3) is 0 Å². The van der Waals surface area contributed by atoms with E-state index in [0.717, 1.165) is 40.4 Å². The number of benzene rings is 2. The van der Waals surface area contributed by atoms with Crippen LogP contribution in [0.1, 0.15) is 24.3 Å². The van der Waals surface area contributed by atoms with E-state index in [0.29, 0.717) is 6.42 Å². The van der Waals surface area contributed by atoms with Gasteiger partial charge in [0, 0.05) is 18.4 Å². The summed E-state index contributed by atoms with van der Waals surface area (Å²) in [6, 6.07) is 15.8. The van der Waals surface area contributed by atoms with Gasteiger partial charge in [-0.3, -0.25) is 9.59 Å². The molecule has 0 aliphatic carbocycles. The maximum atomic E-state index is 12.3. The Kier molecular flexibility index (Phi) is 7.66. The number of unbranched alkanes of at least 4 members (excludes halogenated alkanes) is 1. The molecule has 0 unspecified atom stereocenters. The highest BCUT2D eigenvalue weighted by molar-refractivity contribution is 7.98. The molecule has 0 spiro atoms. The second-order valence-corrected chi connectivity index (χ2v) is 8.74. The number of rotatable bonds is 9. The number of amides is 2. The summed E-state index contributed by atoms with van der Waals surface area (Å²) >= 11 is 3.29. The van der Waals surface area contributed by atoms with Gasteiger partial charge in [0.2, 0.25) is 11.8 Å². The van der Waals surface area contributed by atoms with Gasteiger partial charge in [-0.2, -0.15) is 0 Å². The number of carbonyl (C=O) groups excluding carboxylic acids is 2. The molecule has 0 aliphatic heterocycles. The molecular formula is C22H25N3O2S2. The van der Waals surface area contributed by atoms with E-state index in [4.69, 9.17) is 0 Å². The summed E-state index contributed by atoms with van der Waals surface area (Å²) in [6.07, 6.45) is 4.98. The number of nitrogens with zero attached hydrogens (tertiary/aromatic N) is 2. The largest absolute Gasteiger partial charge is 0.336 e. The van der Waals surface area contributed by atoms with E-state index in [9.17, 15) is 9.59 Å². The monoisotopic (exact) mass is 427 g/mol. The van der Waals surface area contributed by atoms with Crippen LogP contribution in [-0.4, -0.2) is 41.5 Å². The summed E-state index contributed by atoms with van der Waals surface area (Å²) in [7, 11) is 1.68. The number of aryl methyl sites for hydroxylation is 1. The van der Waals surface area contributed by atoms with Gasteiger partial charge in [0.1, 0.15) is 0 Å². The van der Waals surface area contributed by atoms with Crippen molar-refractivity contribution in [1.29, 1.82) is 0 Å². The van der Waals surface area contributed by atoms with Gasteiger partial charge in [0.05, 0.1) is 27.5 Å². The molecule has 3 aromatic rings. The number of anilines is 1. The van der Waals surface area contributed by atoms with Gasteiger partial charge in [-0.05, 0) is 49.8 Å². The fourth-order valence-corrected chi connectivity index (χ4v) is 4.57. The molecule has 0 aliphatic rings. The standard InChI is InChI=1S/C22H25N3O2S2/c1-25(15-20(26)23-16-9-3-5-11-18(16)28-2)22(27)14-8-7-13-21-24-17-10-4-6-12-19(17)29-21/h3-6,9-12H,7-8,13-15H2,1-2H3,(H,23,26). The first-order valence-electron chi connectivity index (χ1n) is 9.58. The van der Waals surface area contributed by atoms with Crippen LogP contribution in [0.3, 0.4) is 0 Å².